The Balaban J connectivity index is 1.80. The summed E-state index contributed by atoms with van der Waals surface area (Å²) in [6.45, 7) is 1.81. The van der Waals surface area contributed by atoms with E-state index in [0.29, 0.717) is 25.6 Å². The number of thioether (sulfide) groups is 1. The molecular weight excluding hydrogens is 302 g/mol. The highest BCUT2D eigenvalue weighted by Gasteiger charge is 2.29. The monoisotopic (exact) mass is 317 g/mol. The smallest absolute Gasteiger partial charge is 0.264 e. The number of nitrogens with zero attached hydrogens (tertiary/aromatic N) is 1. The van der Waals surface area contributed by atoms with Crippen molar-refractivity contribution < 1.29 is 9.53 Å². The summed E-state index contributed by atoms with van der Waals surface area (Å²) in [4.78, 5) is 16.7. The molecule has 0 N–H and O–H groups in total. The first-order chi connectivity index (χ1) is 9.29. The molecule has 3 nitrogen and oxygen atoms in total. The molecule has 6 heteroatoms. The van der Waals surface area contributed by atoms with Crippen LogP contribution in [-0.4, -0.2) is 48.2 Å². The summed E-state index contributed by atoms with van der Waals surface area (Å²) in [5.41, 5.74) is 1.35. The number of fused-ring (bicyclic) bond motifs is 1. The number of rotatable bonds is 2. The van der Waals surface area contributed by atoms with Crippen LogP contribution < -0.4 is 0 Å². The minimum absolute atomic E-state index is 0.0106. The van der Waals surface area contributed by atoms with Crippen molar-refractivity contribution in [2.45, 2.75) is 18.2 Å². The molecule has 1 aromatic rings. The van der Waals surface area contributed by atoms with Crippen LogP contribution in [0, 0.1) is 0 Å². The standard InChI is InChI=1S/C13H16ClNO2S2/c14-6-10-7-17-3-2-15(10)13(16)12-5-9-8-18-4-1-11(9)19-12/h5,10H,1-4,6-8H2. The molecule has 0 aliphatic carbocycles. The van der Waals surface area contributed by atoms with Gasteiger partial charge in [0.05, 0.1) is 24.1 Å². The van der Waals surface area contributed by atoms with Gasteiger partial charge >= 0.3 is 0 Å². The van der Waals surface area contributed by atoms with Crippen LogP contribution in [0.3, 0.4) is 0 Å². The lowest BCUT2D eigenvalue weighted by molar-refractivity contribution is 0.00483. The molecule has 2 aliphatic rings. The molecule has 0 radical (unpaired) electrons. The van der Waals surface area contributed by atoms with E-state index in [-0.39, 0.29) is 11.9 Å². The predicted molar refractivity (Wildman–Crippen MR) is 80.5 cm³/mol. The van der Waals surface area contributed by atoms with E-state index in [4.69, 9.17) is 16.3 Å². The number of halogens is 1. The van der Waals surface area contributed by atoms with Crippen molar-refractivity contribution in [1.82, 2.24) is 4.90 Å². The molecule has 19 heavy (non-hydrogen) atoms. The zero-order valence-electron chi connectivity index (χ0n) is 10.6. The van der Waals surface area contributed by atoms with Crippen molar-refractivity contribution in [2.24, 2.45) is 0 Å². The first kappa shape index (κ1) is 13.7. The Morgan fingerprint density at radius 1 is 1.58 bits per heavy atom. The lowest BCUT2D eigenvalue weighted by Crippen LogP contribution is -2.49. The van der Waals surface area contributed by atoms with Crippen LogP contribution in [-0.2, 0) is 16.9 Å². The molecule has 3 heterocycles. The van der Waals surface area contributed by atoms with Crippen LogP contribution >= 0.6 is 34.7 Å². The van der Waals surface area contributed by atoms with Crippen LogP contribution in [0.5, 0.6) is 0 Å². The van der Waals surface area contributed by atoms with E-state index < -0.39 is 0 Å². The average molecular weight is 318 g/mol. The van der Waals surface area contributed by atoms with Crippen LogP contribution in [0.4, 0.5) is 0 Å². The van der Waals surface area contributed by atoms with Crippen LogP contribution in [0.15, 0.2) is 6.07 Å². The van der Waals surface area contributed by atoms with E-state index in [0.717, 1.165) is 17.1 Å². The van der Waals surface area contributed by atoms with Gasteiger partial charge in [-0.1, -0.05) is 0 Å². The van der Waals surface area contributed by atoms with E-state index in [1.165, 1.54) is 16.2 Å². The molecule has 104 valence electrons. The second-order valence-electron chi connectivity index (χ2n) is 4.74. The molecule has 2 aliphatic heterocycles. The molecule has 1 aromatic heterocycles. The van der Waals surface area contributed by atoms with Gasteiger partial charge in [0.25, 0.3) is 5.91 Å². The summed E-state index contributed by atoms with van der Waals surface area (Å²) < 4.78 is 5.39. The van der Waals surface area contributed by atoms with Crippen molar-refractivity contribution in [3.8, 4) is 0 Å². The maximum absolute atomic E-state index is 12.6. The maximum atomic E-state index is 12.6. The van der Waals surface area contributed by atoms with Gasteiger partial charge in [-0.25, -0.2) is 0 Å². The summed E-state index contributed by atoms with van der Waals surface area (Å²) in [5.74, 6) is 2.77. The van der Waals surface area contributed by atoms with Gasteiger partial charge in [-0.3, -0.25) is 4.79 Å². The van der Waals surface area contributed by atoms with Crippen LogP contribution in [0.2, 0.25) is 0 Å². The fourth-order valence-corrected chi connectivity index (χ4v) is 5.03. The number of thiophene rings is 1. The minimum atomic E-state index is 0.0106. The second kappa shape index (κ2) is 6.04. The van der Waals surface area contributed by atoms with Crippen molar-refractivity contribution in [1.29, 1.82) is 0 Å². The zero-order chi connectivity index (χ0) is 13.2. The lowest BCUT2D eigenvalue weighted by atomic mass is 10.2. The van der Waals surface area contributed by atoms with E-state index >= 15 is 0 Å². The Bertz CT molecular complexity index is 454. The maximum Gasteiger partial charge on any atom is 0.264 e. The summed E-state index contributed by atoms with van der Waals surface area (Å²) >= 11 is 9.54. The fourth-order valence-electron chi connectivity index (χ4n) is 2.44. The largest absolute Gasteiger partial charge is 0.377 e. The quantitative estimate of drug-likeness (QED) is 0.785. The predicted octanol–water partition coefficient (Wildman–Crippen LogP) is 2.62. The highest BCUT2D eigenvalue weighted by molar-refractivity contribution is 7.98. The summed E-state index contributed by atoms with van der Waals surface area (Å²) in [6, 6.07) is 2.09. The highest BCUT2D eigenvalue weighted by Crippen LogP contribution is 2.32. The normalized spacial score (nSPS) is 23.2. The molecule has 1 fully saturated rings. The Morgan fingerprint density at radius 2 is 2.47 bits per heavy atom. The SMILES string of the molecule is O=C(c1cc2c(s1)CCSC2)N1CCOCC1CCl. The van der Waals surface area contributed by atoms with Crippen molar-refractivity contribution in [3.05, 3.63) is 21.4 Å². The van der Waals surface area contributed by atoms with Gasteiger partial charge in [0.15, 0.2) is 0 Å². The van der Waals surface area contributed by atoms with Crippen LogP contribution in [0.25, 0.3) is 0 Å². The Morgan fingerprint density at radius 3 is 3.26 bits per heavy atom. The number of hydrogen-bond acceptors (Lipinski definition) is 4. The number of alkyl halides is 1. The molecule has 0 bridgehead atoms. The van der Waals surface area contributed by atoms with E-state index in [1.54, 1.807) is 11.3 Å². The summed E-state index contributed by atoms with van der Waals surface area (Å²) in [7, 11) is 0. The number of carbonyl (C=O) groups is 1. The number of morpholine rings is 1. The molecule has 3 rings (SSSR count). The molecular formula is C13H16ClNO2S2. The van der Waals surface area contributed by atoms with Gasteiger partial charge < -0.3 is 9.64 Å². The van der Waals surface area contributed by atoms with Gasteiger partial charge in [-0.05, 0) is 23.8 Å². The van der Waals surface area contributed by atoms with Crippen LogP contribution in [0.1, 0.15) is 20.1 Å². The lowest BCUT2D eigenvalue weighted by Gasteiger charge is -2.34. The Hall–Kier alpha value is -0.230. The highest BCUT2D eigenvalue weighted by atomic mass is 35.5. The third kappa shape index (κ3) is 2.79. The first-order valence-corrected chi connectivity index (χ1v) is 8.94. The van der Waals surface area contributed by atoms with Gasteiger partial charge in [0, 0.05) is 23.1 Å². The number of amides is 1. The molecule has 0 spiro atoms. The van der Waals surface area contributed by atoms with E-state index in [2.05, 4.69) is 6.07 Å². The Labute approximate surface area is 126 Å². The second-order valence-corrected chi connectivity index (χ2v) is 7.29. The van der Waals surface area contributed by atoms with Crippen molar-refractivity contribution in [2.75, 3.05) is 31.4 Å². The third-order valence-corrected chi connectivity index (χ3v) is 6.09. The van der Waals surface area contributed by atoms with E-state index in [9.17, 15) is 4.79 Å². The molecule has 1 saturated heterocycles. The number of ether oxygens (including phenoxy) is 1. The molecule has 1 unspecified atom stereocenters. The number of aryl methyl sites for hydroxylation is 1. The van der Waals surface area contributed by atoms with Crippen molar-refractivity contribution >= 4 is 40.6 Å². The minimum Gasteiger partial charge on any atom is -0.377 e. The van der Waals surface area contributed by atoms with Gasteiger partial charge in [0.1, 0.15) is 0 Å². The zero-order valence-corrected chi connectivity index (χ0v) is 13.0. The topological polar surface area (TPSA) is 29.5 Å². The molecule has 1 amide bonds. The third-order valence-electron chi connectivity index (χ3n) is 3.50. The van der Waals surface area contributed by atoms with Gasteiger partial charge in [0.2, 0.25) is 0 Å². The van der Waals surface area contributed by atoms with Gasteiger partial charge in [-0.2, -0.15) is 11.8 Å². The summed E-state index contributed by atoms with van der Waals surface area (Å²) in [5, 5.41) is 0. The molecule has 0 aromatic carbocycles. The average Bonchev–Trinajstić information content (AvgIpc) is 2.90. The first-order valence-electron chi connectivity index (χ1n) is 6.43. The number of carbonyl (C=O) groups excluding carboxylic acids is 1. The fraction of sp³-hybridized carbons (Fsp3) is 0.615. The van der Waals surface area contributed by atoms with Gasteiger partial charge in [-0.15, -0.1) is 22.9 Å². The Kier molecular flexibility index (Phi) is 4.37. The summed E-state index contributed by atoms with van der Waals surface area (Å²) in [6.07, 6.45) is 1.10. The number of hydrogen-bond donors (Lipinski definition) is 0. The van der Waals surface area contributed by atoms with Crippen molar-refractivity contribution in [3.63, 3.8) is 0 Å². The van der Waals surface area contributed by atoms with E-state index in [1.807, 2.05) is 16.7 Å². The molecule has 1 atom stereocenters. The molecule has 0 saturated carbocycles.